The highest BCUT2D eigenvalue weighted by molar-refractivity contribution is 6.06. The Balaban J connectivity index is 1.67. The molecule has 2 saturated heterocycles. The van der Waals surface area contributed by atoms with E-state index in [1.165, 1.54) is 0 Å². The Morgan fingerprint density at radius 2 is 1.88 bits per heavy atom. The van der Waals surface area contributed by atoms with E-state index in [1.54, 1.807) is 10.0 Å². The van der Waals surface area contributed by atoms with E-state index in [1.807, 2.05) is 37.3 Å². The number of hydrazine groups is 1. The number of nitrogens with zero attached hydrogens (tertiary/aromatic N) is 2. The van der Waals surface area contributed by atoms with Crippen LogP contribution in [0.25, 0.3) is 0 Å². The summed E-state index contributed by atoms with van der Waals surface area (Å²) in [5, 5.41) is 3.41. The van der Waals surface area contributed by atoms with E-state index in [2.05, 4.69) is 13.8 Å². The molecule has 4 aliphatic rings. The number of amides is 2. The van der Waals surface area contributed by atoms with Crippen molar-refractivity contribution in [1.82, 2.24) is 5.01 Å². The molecule has 2 heterocycles. The van der Waals surface area contributed by atoms with Gasteiger partial charge < -0.3 is 4.74 Å². The number of hydrogen-bond acceptors (Lipinski definition) is 3. The van der Waals surface area contributed by atoms with E-state index < -0.39 is 11.0 Å². The van der Waals surface area contributed by atoms with Gasteiger partial charge in [0.1, 0.15) is 0 Å². The second-order valence-electron chi connectivity index (χ2n) is 8.80. The monoisotopic (exact) mass is 340 g/mol. The number of rotatable bonds is 2. The molecule has 1 aromatic rings. The van der Waals surface area contributed by atoms with E-state index in [0.717, 1.165) is 24.9 Å². The summed E-state index contributed by atoms with van der Waals surface area (Å²) >= 11 is 0. The van der Waals surface area contributed by atoms with Crippen LogP contribution in [0.15, 0.2) is 30.3 Å². The zero-order chi connectivity index (χ0) is 17.6. The van der Waals surface area contributed by atoms with Gasteiger partial charge >= 0.3 is 0 Å². The van der Waals surface area contributed by atoms with Crippen LogP contribution in [-0.2, 0) is 14.3 Å². The van der Waals surface area contributed by atoms with E-state index in [0.29, 0.717) is 12.5 Å². The van der Waals surface area contributed by atoms with Crippen molar-refractivity contribution in [3.63, 3.8) is 0 Å². The molecule has 25 heavy (non-hydrogen) atoms. The molecule has 1 aromatic carbocycles. The van der Waals surface area contributed by atoms with Crippen LogP contribution in [0.4, 0.5) is 5.69 Å². The van der Waals surface area contributed by atoms with Crippen LogP contribution < -0.4 is 5.01 Å². The molecular weight excluding hydrogens is 316 g/mol. The number of carbonyl (C=O) groups is 2. The van der Waals surface area contributed by atoms with Gasteiger partial charge in [-0.15, -0.1) is 0 Å². The number of hydrogen-bond donors (Lipinski definition) is 0. The summed E-state index contributed by atoms with van der Waals surface area (Å²) < 4.78 is 5.44. The van der Waals surface area contributed by atoms with Crippen LogP contribution in [-0.4, -0.2) is 35.1 Å². The SMILES string of the molecule is CC1(C(=O)N2C3CC4CCC3(C(=O)N2c2ccccc2)C4(C)C)CO1. The topological polar surface area (TPSA) is 53.2 Å². The molecular formula is C20H24N2O3. The number of fused-ring (bicyclic) bond motifs is 1. The second kappa shape index (κ2) is 4.44. The third-order valence-corrected chi connectivity index (χ3v) is 7.46. The van der Waals surface area contributed by atoms with Gasteiger partial charge in [-0.2, -0.15) is 0 Å². The Kier molecular flexibility index (Phi) is 2.73. The largest absolute Gasteiger partial charge is 0.359 e. The van der Waals surface area contributed by atoms with Crippen LogP contribution in [0.3, 0.4) is 0 Å². The maximum atomic E-state index is 13.7. The predicted molar refractivity (Wildman–Crippen MR) is 92.5 cm³/mol. The lowest BCUT2D eigenvalue weighted by Crippen LogP contribution is -2.52. The first-order chi connectivity index (χ1) is 11.8. The summed E-state index contributed by atoms with van der Waals surface area (Å²) in [5.74, 6) is 0.517. The van der Waals surface area contributed by atoms with Gasteiger partial charge in [0, 0.05) is 0 Å². The fourth-order valence-electron chi connectivity index (χ4n) is 5.71. The van der Waals surface area contributed by atoms with Gasteiger partial charge in [0.15, 0.2) is 5.60 Å². The summed E-state index contributed by atoms with van der Waals surface area (Å²) in [4.78, 5) is 27.0. The van der Waals surface area contributed by atoms with Crippen molar-refractivity contribution in [2.45, 2.75) is 51.7 Å². The highest BCUT2D eigenvalue weighted by Crippen LogP contribution is 2.70. The minimum Gasteiger partial charge on any atom is -0.359 e. The molecule has 0 aromatic heterocycles. The summed E-state index contributed by atoms with van der Waals surface area (Å²) in [6.07, 6.45) is 2.86. The fraction of sp³-hybridized carbons (Fsp3) is 0.600. The molecule has 1 spiro atoms. The zero-order valence-corrected chi connectivity index (χ0v) is 15.0. The molecule has 5 rings (SSSR count). The maximum absolute atomic E-state index is 13.7. The highest BCUT2D eigenvalue weighted by Gasteiger charge is 2.76. The molecule has 4 fully saturated rings. The zero-order valence-electron chi connectivity index (χ0n) is 15.0. The van der Waals surface area contributed by atoms with E-state index in [9.17, 15) is 9.59 Å². The molecule has 2 bridgehead atoms. The molecule has 4 unspecified atom stereocenters. The van der Waals surface area contributed by atoms with Gasteiger partial charge in [-0.1, -0.05) is 32.0 Å². The van der Waals surface area contributed by atoms with Gasteiger partial charge in [0.2, 0.25) is 0 Å². The second-order valence-corrected chi connectivity index (χ2v) is 8.80. The summed E-state index contributed by atoms with van der Waals surface area (Å²) in [7, 11) is 0. The van der Waals surface area contributed by atoms with Crippen LogP contribution in [0.1, 0.15) is 40.0 Å². The van der Waals surface area contributed by atoms with Gasteiger partial charge in [0.05, 0.1) is 23.8 Å². The van der Waals surface area contributed by atoms with E-state index >= 15 is 0 Å². The minimum atomic E-state index is -0.773. The number of benzene rings is 1. The van der Waals surface area contributed by atoms with Crippen molar-refractivity contribution < 1.29 is 14.3 Å². The van der Waals surface area contributed by atoms with Crippen molar-refractivity contribution >= 4 is 17.5 Å². The highest BCUT2D eigenvalue weighted by atomic mass is 16.6. The Morgan fingerprint density at radius 1 is 1.20 bits per heavy atom. The molecule has 2 amide bonds. The van der Waals surface area contributed by atoms with Gasteiger partial charge in [-0.25, -0.2) is 10.0 Å². The van der Waals surface area contributed by atoms with Crippen molar-refractivity contribution in [3.8, 4) is 0 Å². The van der Waals surface area contributed by atoms with Gasteiger partial charge in [0.25, 0.3) is 11.8 Å². The van der Waals surface area contributed by atoms with Crippen LogP contribution in [0.2, 0.25) is 0 Å². The molecule has 2 saturated carbocycles. The number of anilines is 1. The van der Waals surface area contributed by atoms with E-state index in [4.69, 9.17) is 4.74 Å². The average Bonchev–Trinajstić information content (AvgIpc) is 3.17. The van der Waals surface area contributed by atoms with E-state index in [-0.39, 0.29) is 23.3 Å². The Hall–Kier alpha value is -1.88. The van der Waals surface area contributed by atoms with Crippen LogP contribution >= 0.6 is 0 Å². The van der Waals surface area contributed by atoms with Gasteiger partial charge in [-0.05, 0) is 49.7 Å². The van der Waals surface area contributed by atoms with Crippen LogP contribution in [0, 0.1) is 16.7 Å². The molecule has 0 N–H and O–H groups in total. The van der Waals surface area contributed by atoms with Crippen molar-refractivity contribution in [1.29, 1.82) is 0 Å². The average molecular weight is 340 g/mol. The van der Waals surface area contributed by atoms with Crippen molar-refractivity contribution in [3.05, 3.63) is 30.3 Å². The Bertz CT molecular complexity index is 770. The number of ether oxygens (including phenoxy) is 1. The molecule has 2 aliphatic carbocycles. The van der Waals surface area contributed by atoms with Crippen molar-refractivity contribution in [2.75, 3.05) is 11.6 Å². The fourth-order valence-corrected chi connectivity index (χ4v) is 5.71. The van der Waals surface area contributed by atoms with Crippen molar-refractivity contribution in [2.24, 2.45) is 16.7 Å². The molecule has 0 radical (unpaired) electrons. The first-order valence-corrected chi connectivity index (χ1v) is 9.20. The molecule has 132 valence electrons. The molecule has 5 heteroatoms. The maximum Gasteiger partial charge on any atom is 0.276 e. The number of carbonyl (C=O) groups excluding carboxylic acids is 2. The molecule has 2 aliphatic heterocycles. The molecule has 4 atom stereocenters. The van der Waals surface area contributed by atoms with Crippen LogP contribution in [0.5, 0.6) is 0 Å². The summed E-state index contributed by atoms with van der Waals surface area (Å²) in [5.41, 5.74) is -0.547. The number of epoxide rings is 1. The third-order valence-electron chi connectivity index (χ3n) is 7.46. The lowest BCUT2D eigenvalue weighted by atomic mass is 9.67. The summed E-state index contributed by atoms with van der Waals surface area (Å²) in [6.45, 7) is 6.70. The Labute approximate surface area is 147 Å². The summed E-state index contributed by atoms with van der Waals surface area (Å²) in [6, 6.07) is 9.51. The van der Waals surface area contributed by atoms with Gasteiger partial charge in [-0.3, -0.25) is 9.59 Å². The third kappa shape index (κ3) is 1.63. The predicted octanol–water partition coefficient (Wildman–Crippen LogP) is 2.76. The lowest BCUT2D eigenvalue weighted by molar-refractivity contribution is -0.139. The first-order valence-electron chi connectivity index (χ1n) is 9.20. The quantitative estimate of drug-likeness (QED) is 0.778. The smallest absolute Gasteiger partial charge is 0.276 e. The first kappa shape index (κ1) is 15.4. The molecule has 5 nitrogen and oxygen atoms in total. The Morgan fingerprint density at radius 3 is 2.48 bits per heavy atom. The normalized spacial score (nSPS) is 40.5. The minimum absolute atomic E-state index is 0.0533. The lowest BCUT2D eigenvalue weighted by Gasteiger charge is -2.35. The number of para-hydroxylation sites is 1. The standard InChI is InChI=1S/C20H24N2O3/c1-18(2)13-9-10-20(18)15(11-13)22(16(23)19(3)12-25-19)21(17(20)24)14-7-5-4-6-8-14/h4-8,13,15H,9-12H2,1-3H3.